The van der Waals surface area contributed by atoms with Gasteiger partial charge in [0.05, 0.1) is 12.7 Å². The number of amides is 2. The van der Waals surface area contributed by atoms with Crippen molar-refractivity contribution in [2.75, 3.05) is 5.32 Å². The number of benzene rings is 2. The highest BCUT2D eigenvalue weighted by Crippen LogP contribution is 2.30. The first kappa shape index (κ1) is 19.1. The van der Waals surface area contributed by atoms with E-state index in [0.717, 1.165) is 24.0 Å². The molecule has 0 aliphatic heterocycles. The molecule has 1 saturated carbocycles. The first-order valence-corrected chi connectivity index (χ1v) is 9.40. The van der Waals surface area contributed by atoms with Gasteiger partial charge in [0, 0.05) is 23.7 Å². The summed E-state index contributed by atoms with van der Waals surface area (Å²) in [6, 6.07) is 15.0. The van der Waals surface area contributed by atoms with E-state index in [1.807, 2.05) is 38.1 Å². The summed E-state index contributed by atoms with van der Waals surface area (Å²) in [5, 5.41) is 5.79. The molecular weight excluding hydrogens is 340 g/mol. The number of carbonyl (C=O) groups excluding carboxylic acids is 2. The van der Waals surface area contributed by atoms with Gasteiger partial charge in [-0.1, -0.05) is 30.3 Å². The molecule has 2 aromatic rings. The first-order chi connectivity index (χ1) is 13.0. The summed E-state index contributed by atoms with van der Waals surface area (Å²) in [6.07, 6.45) is 2.11. The molecule has 2 aromatic carbocycles. The van der Waals surface area contributed by atoms with Crippen LogP contribution in [0.1, 0.15) is 48.2 Å². The average Bonchev–Trinajstić information content (AvgIpc) is 3.51. The standard InChI is InChI=1S/C22H26N2O3/c1-15(2)27-14-17-8-6-16(7-9-17)13-23-21(25)19-4-3-5-20(12-19)24-22(26)18-10-11-18/h3-9,12,15,18H,10-11,13-14H2,1-2H3,(H,23,25)(H,24,26). The SMILES string of the molecule is CC(C)OCc1ccc(CNC(=O)c2cccc(NC(=O)C3CC3)c2)cc1. The zero-order chi connectivity index (χ0) is 19.2. The van der Waals surface area contributed by atoms with E-state index in [-0.39, 0.29) is 23.8 Å². The molecule has 1 aliphatic rings. The summed E-state index contributed by atoms with van der Waals surface area (Å²) < 4.78 is 5.58. The molecule has 0 unspecified atom stereocenters. The highest BCUT2D eigenvalue weighted by molar-refractivity contribution is 5.98. The number of ether oxygens (including phenoxy) is 1. The van der Waals surface area contributed by atoms with Crippen LogP contribution < -0.4 is 10.6 Å². The Hall–Kier alpha value is -2.66. The second-order valence-electron chi connectivity index (χ2n) is 7.20. The van der Waals surface area contributed by atoms with E-state index >= 15 is 0 Å². The van der Waals surface area contributed by atoms with Gasteiger partial charge in [-0.15, -0.1) is 0 Å². The Morgan fingerprint density at radius 1 is 1.07 bits per heavy atom. The van der Waals surface area contributed by atoms with E-state index in [4.69, 9.17) is 4.74 Å². The zero-order valence-electron chi connectivity index (χ0n) is 15.8. The molecule has 0 bridgehead atoms. The van der Waals surface area contributed by atoms with Crippen LogP contribution in [-0.4, -0.2) is 17.9 Å². The lowest BCUT2D eigenvalue weighted by Crippen LogP contribution is -2.23. The van der Waals surface area contributed by atoms with Crippen LogP contribution in [0.25, 0.3) is 0 Å². The van der Waals surface area contributed by atoms with Crippen LogP contribution in [-0.2, 0) is 22.7 Å². The molecule has 5 heteroatoms. The molecule has 5 nitrogen and oxygen atoms in total. The van der Waals surface area contributed by atoms with E-state index in [2.05, 4.69) is 10.6 Å². The van der Waals surface area contributed by atoms with Crippen LogP contribution in [0, 0.1) is 5.92 Å². The summed E-state index contributed by atoms with van der Waals surface area (Å²) >= 11 is 0. The smallest absolute Gasteiger partial charge is 0.251 e. The predicted molar refractivity (Wildman–Crippen MR) is 105 cm³/mol. The lowest BCUT2D eigenvalue weighted by Gasteiger charge is -2.10. The Morgan fingerprint density at radius 3 is 2.44 bits per heavy atom. The third-order valence-electron chi connectivity index (χ3n) is 4.40. The maximum Gasteiger partial charge on any atom is 0.251 e. The van der Waals surface area contributed by atoms with E-state index in [0.29, 0.717) is 24.4 Å². The number of anilines is 1. The van der Waals surface area contributed by atoms with Crippen molar-refractivity contribution in [3.8, 4) is 0 Å². The Labute approximate surface area is 160 Å². The molecule has 0 saturated heterocycles. The molecule has 0 radical (unpaired) electrons. The Morgan fingerprint density at radius 2 is 1.78 bits per heavy atom. The summed E-state index contributed by atoms with van der Waals surface area (Å²) in [5.41, 5.74) is 3.33. The van der Waals surface area contributed by atoms with Crippen molar-refractivity contribution in [1.29, 1.82) is 0 Å². The second kappa shape index (κ2) is 8.82. The molecular formula is C22H26N2O3. The van der Waals surface area contributed by atoms with Crippen LogP contribution in [0.3, 0.4) is 0 Å². The molecule has 3 rings (SSSR count). The van der Waals surface area contributed by atoms with Crippen LogP contribution in [0.5, 0.6) is 0 Å². The minimum Gasteiger partial charge on any atom is -0.374 e. The number of hydrogen-bond acceptors (Lipinski definition) is 3. The van der Waals surface area contributed by atoms with Gasteiger partial charge in [-0.05, 0) is 56.0 Å². The molecule has 142 valence electrons. The number of carbonyl (C=O) groups is 2. The number of rotatable bonds is 8. The minimum atomic E-state index is -0.162. The molecule has 2 N–H and O–H groups in total. The minimum absolute atomic E-state index is 0.0362. The molecule has 1 fully saturated rings. The third kappa shape index (κ3) is 5.93. The van der Waals surface area contributed by atoms with Crippen molar-refractivity contribution >= 4 is 17.5 Å². The second-order valence-corrected chi connectivity index (χ2v) is 7.20. The monoisotopic (exact) mass is 366 g/mol. The Bertz CT molecular complexity index is 795. The maximum atomic E-state index is 12.4. The number of nitrogens with one attached hydrogen (secondary N) is 2. The van der Waals surface area contributed by atoms with Crippen molar-refractivity contribution in [2.45, 2.75) is 45.9 Å². The number of hydrogen-bond donors (Lipinski definition) is 2. The predicted octanol–water partition coefficient (Wildman–Crippen LogP) is 3.89. The fourth-order valence-electron chi connectivity index (χ4n) is 2.63. The average molecular weight is 366 g/mol. The molecule has 0 atom stereocenters. The van der Waals surface area contributed by atoms with E-state index in [1.54, 1.807) is 24.3 Å². The summed E-state index contributed by atoms with van der Waals surface area (Å²) in [6.45, 7) is 5.05. The molecule has 27 heavy (non-hydrogen) atoms. The van der Waals surface area contributed by atoms with Gasteiger partial charge < -0.3 is 15.4 Å². The van der Waals surface area contributed by atoms with Crippen molar-refractivity contribution < 1.29 is 14.3 Å². The maximum absolute atomic E-state index is 12.4. The van der Waals surface area contributed by atoms with E-state index in [1.165, 1.54) is 0 Å². The normalized spacial score (nSPS) is 13.4. The summed E-state index contributed by atoms with van der Waals surface area (Å²) in [5.74, 6) is 0.00947. The van der Waals surface area contributed by atoms with Crippen LogP contribution in [0.15, 0.2) is 48.5 Å². The largest absolute Gasteiger partial charge is 0.374 e. The van der Waals surface area contributed by atoms with Crippen LogP contribution >= 0.6 is 0 Å². The lowest BCUT2D eigenvalue weighted by atomic mass is 10.1. The van der Waals surface area contributed by atoms with Gasteiger partial charge in [0.25, 0.3) is 5.91 Å². The molecule has 2 amide bonds. The van der Waals surface area contributed by atoms with Crippen molar-refractivity contribution in [1.82, 2.24) is 5.32 Å². The molecule has 1 aliphatic carbocycles. The van der Waals surface area contributed by atoms with E-state index < -0.39 is 0 Å². The van der Waals surface area contributed by atoms with Gasteiger partial charge in [0.15, 0.2) is 0 Å². The molecule has 0 spiro atoms. The lowest BCUT2D eigenvalue weighted by molar-refractivity contribution is -0.117. The topological polar surface area (TPSA) is 67.4 Å². The quantitative estimate of drug-likeness (QED) is 0.745. The van der Waals surface area contributed by atoms with Crippen molar-refractivity contribution in [3.63, 3.8) is 0 Å². The highest BCUT2D eigenvalue weighted by Gasteiger charge is 2.29. The Balaban J connectivity index is 1.52. The van der Waals surface area contributed by atoms with E-state index in [9.17, 15) is 9.59 Å². The third-order valence-corrected chi connectivity index (χ3v) is 4.40. The van der Waals surface area contributed by atoms with Gasteiger partial charge >= 0.3 is 0 Å². The van der Waals surface area contributed by atoms with Crippen LogP contribution in [0.2, 0.25) is 0 Å². The van der Waals surface area contributed by atoms with Gasteiger partial charge in [-0.25, -0.2) is 0 Å². The highest BCUT2D eigenvalue weighted by atomic mass is 16.5. The Kier molecular flexibility index (Phi) is 6.24. The van der Waals surface area contributed by atoms with Crippen LogP contribution in [0.4, 0.5) is 5.69 Å². The van der Waals surface area contributed by atoms with Gasteiger partial charge in [0.1, 0.15) is 0 Å². The van der Waals surface area contributed by atoms with Crippen molar-refractivity contribution in [2.24, 2.45) is 5.92 Å². The first-order valence-electron chi connectivity index (χ1n) is 9.40. The van der Waals surface area contributed by atoms with Gasteiger partial charge in [-0.2, -0.15) is 0 Å². The van der Waals surface area contributed by atoms with Gasteiger partial charge in [0.2, 0.25) is 5.91 Å². The molecule has 0 heterocycles. The summed E-state index contributed by atoms with van der Waals surface area (Å²) in [4.78, 5) is 24.3. The fourth-order valence-corrected chi connectivity index (χ4v) is 2.63. The van der Waals surface area contributed by atoms with Crippen molar-refractivity contribution in [3.05, 3.63) is 65.2 Å². The fraction of sp³-hybridized carbons (Fsp3) is 0.364. The summed E-state index contributed by atoms with van der Waals surface area (Å²) in [7, 11) is 0. The van der Waals surface area contributed by atoms with Gasteiger partial charge in [-0.3, -0.25) is 9.59 Å². The zero-order valence-corrected chi connectivity index (χ0v) is 15.8. The molecule has 0 aromatic heterocycles.